The number of nitrogens with one attached hydrogen (secondary N) is 1. The second kappa shape index (κ2) is 5.86. The van der Waals surface area contributed by atoms with E-state index in [0.29, 0.717) is 21.6 Å². The molecule has 0 unspecified atom stereocenters. The van der Waals surface area contributed by atoms with Crippen LogP contribution in [0, 0.1) is 19.7 Å². The summed E-state index contributed by atoms with van der Waals surface area (Å²) in [5, 5.41) is 0.549. The van der Waals surface area contributed by atoms with E-state index in [1.807, 2.05) is 32.0 Å². The van der Waals surface area contributed by atoms with E-state index in [1.54, 1.807) is 13.0 Å². The van der Waals surface area contributed by atoms with Crippen LogP contribution in [0.2, 0.25) is 0 Å². The van der Waals surface area contributed by atoms with Crippen LogP contribution in [-0.4, -0.2) is 29.0 Å². The van der Waals surface area contributed by atoms with Gasteiger partial charge in [-0.3, -0.25) is 4.79 Å². The third-order valence-corrected chi connectivity index (χ3v) is 4.91. The third kappa shape index (κ3) is 2.92. The number of aryl methyl sites for hydroxylation is 2. The molecule has 3 aromatic rings. The summed E-state index contributed by atoms with van der Waals surface area (Å²) in [6.45, 7) is 4.32. The Morgan fingerprint density at radius 1 is 1.30 bits per heavy atom. The highest BCUT2D eigenvalue weighted by Gasteiger charge is 2.17. The molecule has 0 aliphatic heterocycles. The SMILES string of the molecule is Cc1nc2sc(-c3cc(CN(C)C)ccc3F)c(C)c2c(=O)[nH]1. The van der Waals surface area contributed by atoms with Crippen LogP contribution < -0.4 is 5.56 Å². The standard InChI is InChI=1S/C17H18FN3OS/c1-9-14-16(22)19-10(2)20-17(14)23-15(9)12-7-11(8-21(3)4)5-6-13(12)18/h5-7H,8H2,1-4H3,(H,19,20,22). The lowest BCUT2D eigenvalue weighted by Gasteiger charge is -2.11. The van der Waals surface area contributed by atoms with Crippen LogP contribution in [0.25, 0.3) is 20.7 Å². The highest BCUT2D eigenvalue weighted by atomic mass is 32.1. The van der Waals surface area contributed by atoms with Crippen molar-refractivity contribution in [2.75, 3.05) is 14.1 Å². The molecule has 1 N–H and O–H groups in total. The number of hydrogen-bond donors (Lipinski definition) is 1. The maximum absolute atomic E-state index is 14.4. The van der Waals surface area contributed by atoms with Crippen LogP contribution in [0.5, 0.6) is 0 Å². The lowest BCUT2D eigenvalue weighted by molar-refractivity contribution is 0.402. The zero-order valence-corrected chi connectivity index (χ0v) is 14.3. The van der Waals surface area contributed by atoms with Gasteiger partial charge >= 0.3 is 0 Å². The van der Waals surface area contributed by atoms with Gasteiger partial charge in [-0.25, -0.2) is 9.37 Å². The first-order valence-electron chi connectivity index (χ1n) is 7.30. The van der Waals surface area contributed by atoms with Crippen molar-refractivity contribution in [3.8, 4) is 10.4 Å². The Morgan fingerprint density at radius 3 is 2.74 bits per heavy atom. The van der Waals surface area contributed by atoms with Crippen LogP contribution in [0.3, 0.4) is 0 Å². The molecular weight excluding hydrogens is 313 g/mol. The van der Waals surface area contributed by atoms with Gasteiger partial charge in [0.1, 0.15) is 16.5 Å². The molecule has 4 nitrogen and oxygen atoms in total. The molecule has 0 aliphatic rings. The summed E-state index contributed by atoms with van der Waals surface area (Å²) in [7, 11) is 3.94. The van der Waals surface area contributed by atoms with Gasteiger partial charge in [-0.2, -0.15) is 0 Å². The van der Waals surface area contributed by atoms with Gasteiger partial charge in [0.2, 0.25) is 0 Å². The van der Waals surface area contributed by atoms with E-state index in [-0.39, 0.29) is 11.4 Å². The normalized spacial score (nSPS) is 11.6. The summed E-state index contributed by atoms with van der Waals surface area (Å²) in [6, 6.07) is 5.13. The van der Waals surface area contributed by atoms with Crippen molar-refractivity contribution >= 4 is 21.6 Å². The fourth-order valence-electron chi connectivity index (χ4n) is 2.72. The molecule has 0 atom stereocenters. The minimum absolute atomic E-state index is 0.169. The number of rotatable bonds is 3. The molecule has 0 radical (unpaired) electrons. The van der Waals surface area contributed by atoms with Gasteiger partial charge < -0.3 is 9.88 Å². The number of nitrogens with zero attached hydrogens (tertiary/aromatic N) is 2. The number of H-pyrrole nitrogens is 1. The second-order valence-corrected chi connectivity index (χ2v) is 6.94. The van der Waals surface area contributed by atoms with E-state index in [0.717, 1.165) is 22.5 Å². The summed E-state index contributed by atoms with van der Waals surface area (Å²) in [5.74, 6) is 0.285. The van der Waals surface area contributed by atoms with E-state index >= 15 is 0 Å². The number of aromatic nitrogens is 2. The monoisotopic (exact) mass is 331 g/mol. The third-order valence-electron chi connectivity index (χ3n) is 3.69. The Bertz CT molecular complexity index is 943. The molecule has 2 heterocycles. The van der Waals surface area contributed by atoms with E-state index in [1.165, 1.54) is 17.4 Å². The average molecular weight is 331 g/mol. The number of hydrogen-bond acceptors (Lipinski definition) is 4. The largest absolute Gasteiger partial charge is 0.310 e. The minimum atomic E-state index is -0.282. The first-order valence-corrected chi connectivity index (χ1v) is 8.12. The zero-order valence-electron chi connectivity index (χ0n) is 13.5. The van der Waals surface area contributed by atoms with Crippen LogP contribution in [-0.2, 0) is 6.54 Å². The smallest absolute Gasteiger partial charge is 0.259 e. The number of benzene rings is 1. The molecule has 0 amide bonds. The summed E-state index contributed by atoms with van der Waals surface area (Å²) in [4.78, 5) is 22.7. The summed E-state index contributed by atoms with van der Waals surface area (Å²) < 4.78 is 14.4. The van der Waals surface area contributed by atoms with Gasteiger partial charge in [-0.05, 0) is 51.2 Å². The maximum Gasteiger partial charge on any atom is 0.259 e. The van der Waals surface area contributed by atoms with Gasteiger partial charge in [-0.15, -0.1) is 11.3 Å². The van der Waals surface area contributed by atoms with Gasteiger partial charge in [0, 0.05) is 17.0 Å². The van der Waals surface area contributed by atoms with Crippen LogP contribution in [0.15, 0.2) is 23.0 Å². The van der Waals surface area contributed by atoms with Crippen molar-refractivity contribution in [2.24, 2.45) is 0 Å². The van der Waals surface area contributed by atoms with Gasteiger partial charge in [0.25, 0.3) is 5.56 Å². The van der Waals surface area contributed by atoms with Crippen molar-refractivity contribution in [3.05, 3.63) is 51.3 Å². The molecule has 2 aromatic heterocycles. The van der Waals surface area contributed by atoms with Gasteiger partial charge in [0.15, 0.2) is 0 Å². The molecule has 1 aromatic carbocycles. The van der Waals surface area contributed by atoms with Crippen molar-refractivity contribution < 1.29 is 4.39 Å². The second-order valence-electron chi connectivity index (χ2n) is 5.94. The molecule has 23 heavy (non-hydrogen) atoms. The predicted octanol–water partition coefficient (Wildman–Crippen LogP) is 3.47. The quantitative estimate of drug-likeness (QED) is 0.799. The van der Waals surface area contributed by atoms with Crippen molar-refractivity contribution in [1.82, 2.24) is 14.9 Å². The fourth-order valence-corrected chi connectivity index (χ4v) is 3.96. The topological polar surface area (TPSA) is 49.0 Å². The average Bonchev–Trinajstić information content (AvgIpc) is 2.77. The lowest BCUT2D eigenvalue weighted by atomic mass is 10.0. The Balaban J connectivity index is 2.23. The Hall–Kier alpha value is -2.05. The van der Waals surface area contributed by atoms with Gasteiger partial charge in [0.05, 0.1) is 5.39 Å². The summed E-state index contributed by atoms with van der Waals surface area (Å²) in [6.07, 6.45) is 0. The molecular formula is C17H18FN3OS. The van der Waals surface area contributed by atoms with E-state index in [9.17, 15) is 9.18 Å². The van der Waals surface area contributed by atoms with Crippen LogP contribution in [0.4, 0.5) is 4.39 Å². The molecule has 0 bridgehead atoms. The Labute approximate surface area is 137 Å². The van der Waals surface area contributed by atoms with Crippen molar-refractivity contribution in [2.45, 2.75) is 20.4 Å². The fraction of sp³-hybridized carbons (Fsp3) is 0.294. The van der Waals surface area contributed by atoms with Crippen LogP contribution >= 0.6 is 11.3 Å². The Morgan fingerprint density at radius 2 is 2.04 bits per heavy atom. The minimum Gasteiger partial charge on any atom is -0.310 e. The molecule has 0 saturated heterocycles. The molecule has 0 saturated carbocycles. The number of aromatic amines is 1. The predicted molar refractivity (Wildman–Crippen MR) is 92.5 cm³/mol. The molecule has 0 aliphatic carbocycles. The highest BCUT2D eigenvalue weighted by Crippen LogP contribution is 2.37. The summed E-state index contributed by atoms with van der Waals surface area (Å²) >= 11 is 1.36. The number of thiophene rings is 1. The summed E-state index contributed by atoms with van der Waals surface area (Å²) in [5.41, 5.74) is 2.17. The number of fused-ring (bicyclic) bond motifs is 1. The van der Waals surface area contributed by atoms with Gasteiger partial charge in [-0.1, -0.05) is 6.07 Å². The number of halogens is 1. The first kappa shape index (κ1) is 15.8. The van der Waals surface area contributed by atoms with E-state index < -0.39 is 0 Å². The molecule has 3 rings (SSSR count). The molecule has 0 spiro atoms. The molecule has 0 fully saturated rings. The zero-order chi connectivity index (χ0) is 16.7. The maximum atomic E-state index is 14.4. The van der Waals surface area contributed by atoms with Crippen molar-refractivity contribution in [1.29, 1.82) is 0 Å². The van der Waals surface area contributed by atoms with E-state index in [4.69, 9.17) is 0 Å². The molecule has 6 heteroatoms. The molecule has 120 valence electrons. The van der Waals surface area contributed by atoms with Crippen molar-refractivity contribution in [3.63, 3.8) is 0 Å². The first-order chi connectivity index (χ1) is 10.9. The lowest BCUT2D eigenvalue weighted by Crippen LogP contribution is -2.10. The van der Waals surface area contributed by atoms with Crippen LogP contribution in [0.1, 0.15) is 17.0 Å². The highest BCUT2D eigenvalue weighted by molar-refractivity contribution is 7.22. The van der Waals surface area contributed by atoms with E-state index in [2.05, 4.69) is 9.97 Å². The Kier molecular flexibility index (Phi) is 4.04.